The summed E-state index contributed by atoms with van der Waals surface area (Å²) in [7, 11) is 3.57. The highest BCUT2D eigenvalue weighted by molar-refractivity contribution is 6.20. The second-order valence-corrected chi connectivity index (χ2v) is 4.88. The predicted octanol–water partition coefficient (Wildman–Crippen LogP) is 4.09. The SMILES string of the molecule is C=C(CC)CC(=CC(=NC)Nc1cccc(NC)n1)CCl. The van der Waals surface area contributed by atoms with Crippen LogP contribution in [0.3, 0.4) is 0 Å². The maximum Gasteiger partial charge on any atom is 0.133 e. The number of alkyl halides is 1. The number of aliphatic imine (C=N–C) groups is 1. The highest BCUT2D eigenvalue weighted by atomic mass is 35.5. The molecule has 4 nitrogen and oxygen atoms in total. The summed E-state index contributed by atoms with van der Waals surface area (Å²) >= 11 is 6.00. The van der Waals surface area contributed by atoms with Gasteiger partial charge in [-0.2, -0.15) is 0 Å². The fraction of sp³-hybridized carbons (Fsp3) is 0.375. The Morgan fingerprint density at radius 3 is 2.71 bits per heavy atom. The van der Waals surface area contributed by atoms with Crippen LogP contribution in [0.15, 0.2) is 47.0 Å². The molecule has 0 aliphatic carbocycles. The van der Waals surface area contributed by atoms with Gasteiger partial charge in [0.05, 0.1) is 0 Å². The lowest BCUT2D eigenvalue weighted by molar-refractivity contribution is 1.00. The first-order valence-corrected chi connectivity index (χ1v) is 7.47. The molecule has 1 aromatic rings. The third-order valence-electron chi connectivity index (χ3n) is 2.99. The van der Waals surface area contributed by atoms with Gasteiger partial charge in [-0.05, 0) is 36.6 Å². The monoisotopic (exact) mass is 306 g/mol. The normalized spacial score (nSPS) is 12.2. The van der Waals surface area contributed by atoms with E-state index in [2.05, 4.69) is 34.1 Å². The molecule has 1 aromatic heterocycles. The first-order valence-electron chi connectivity index (χ1n) is 6.93. The van der Waals surface area contributed by atoms with Crippen molar-refractivity contribution in [3.05, 3.63) is 42.0 Å². The maximum absolute atomic E-state index is 6.00. The van der Waals surface area contributed by atoms with E-state index < -0.39 is 0 Å². The molecule has 0 atom stereocenters. The maximum atomic E-state index is 6.00. The molecule has 0 aromatic carbocycles. The summed E-state index contributed by atoms with van der Waals surface area (Å²) in [6, 6.07) is 5.73. The number of rotatable bonds is 7. The summed E-state index contributed by atoms with van der Waals surface area (Å²) in [6.45, 7) is 6.11. The van der Waals surface area contributed by atoms with E-state index in [0.717, 1.165) is 41.5 Å². The van der Waals surface area contributed by atoms with Gasteiger partial charge >= 0.3 is 0 Å². The van der Waals surface area contributed by atoms with Gasteiger partial charge in [0.15, 0.2) is 0 Å². The van der Waals surface area contributed by atoms with E-state index in [1.807, 2.05) is 31.3 Å². The molecule has 1 heterocycles. The minimum atomic E-state index is 0.462. The number of hydrogen-bond acceptors (Lipinski definition) is 3. The van der Waals surface area contributed by atoms with Crippen molar-refractivity contribution in [3.63, 3.8) is 0 Å². The minimum absolute atomic E-state index is 0.462. The van der Waals surface area contributed by atoms with Crippen molar-refractivity contribution in [2.45, 2.75) is 19.8 Å². The minimum Gasteiger partial charge on any atom is -0.373 e. The molecule has 0 unspecified atom stereocenters. The number of aromatic nitrogens is 1. The van der Waals surface area contributed by atoms with Gasteiger partial charge in [-0.15, -0.1) is 11.6 Å². The smallest absolute Gasteiger partial charge is 0.133 e. The van der Waals surface area contributed by atoms with E-state index in [4.69, 9.17) is 11.6 Å². The van der Waals surface area contributed by atoms with Gasteiger partial charge in [0.2, 0.25) is 0 Å². The van der Waals surface area contributed by atoms with Crippen LogP contribution >= 0.6 is 11.6 Å². The molecule has 1 rings (SSSR count). The van der Waals surface area contributed by atoms with E-state index in [9.17, 15) is 0 Å². The van der Waals surface area contributed by atoms with Crippen LogP contribution in [0.1, 0.15) is 19.8 Å². The molecule has 0 saturated heterocycles. The first kappa shape index (κ1) is 17.2. The Kier molecular flexibility index (Phi) is 7.54. The number of nitrogens with zero attached hydrogens (tertiary/aromatic N) is 2. The lowest BCUT2D eigenvalue weighted by atomic mass is 10.1. The molecule has 21 heavy (non-hydrogen) atoms. The third-order valence-corrected chi connectivity index (χ3v) is 3.34. The summed E-state index contributed by atoms with van der Waals surface area (Å²) in [5.74, 6) is 2.73. The zero-order valence-electron chi connectivity index (χ0n) is 12.9. The van der Waals surface area contributed by atoms with Crippen LogP contribution in [0.2, 0.25) is 0 Å². The lowest BCUT2D eigenvalue weighted by Crippen LogP contribution is -2.12. The summed E-state index contributed by atoms with van der Waals surface area (Å²) in [6.07, 6.45) is 3.71. The molecule has 0 radical (unpaired) electrons. The van der Waals surface area contributed by atoms with Gasteiger partial charge in [-0.3, -0.25) is 4.99 Å². The van der Waals surface area contributed by atoms with E-state index in [1.54, 1.807) is 7.05 Å². The van der Waals surface area contributed by atoms with Crippen LogP contribution < -0.4 is 10.6 Å². The van der Waals surface area contributed by atoms with Crippen molar-refractivity contribution in [1.29, 1.82) is 0 Å². The second-order valence-electron chi connectivity index (χ2n) is 4.61. The Hall–Kier alpha value is -1.81. The Labute approximate surface area is 132 Å². The van der Waals surface area contributed by atoms with Crippen LogP contribution in [-0.2, 0) is 0 Å². The van der Waals surface area contributed by atoms with Gasteiger partial charge in [0, 0.05) is 20.0 Å². The molecule has 5 heteroatoms. The van der Waals surface area contributed by atoms with Crippen LogP contribution in [0.4, 0.5) is 11.6 Å². The molecule has 0 bridgehead atoms. The largest absolute Gasteiger partial charge is 0.373 e. The van der Waals surface area contributed by atoms with Crippen molar-refractivity contribution in [3.8, 4) is 0 Å². The summed E-state index contributed by atoms with van der Waals surface area (Å²) < 4.78 is 0. The van der Waals surface area contributed by atoms with Gasteiger partial charge in [0.25, 0.3) is 0 Å². The molecule has 2 N–H and O–H groups in total. The van der Waals surface area contributed by atoms with Gasteiger partial charge in [-0.25, -0.2) is 4.98 Å². The zero-order valence-corrected chi connectivity index (χ0v) is 13.7. The number of amidine groups is 1. The number of hydrogen-bond donors (Lipinski definition) is 2. The molecule has 0 amide bonds. The number of anilines is 2. The van der Waals surface area contributed by atoms with E-state index >= 15 is 0 Å². The highest BCUT2D eigenvalue weighted by Crippen LogP contribution is 2.15. The van der Waals surface area contributed by atoms with Crippen molar-refractivity contribution >= 4 is 29.1 Å². The van der Waals surface area contributed by atoms with Gasteiger partial charge in [-0.1, -0.05) is 25.1 Å². The zero-order chi connectivity index (χ0) is 15.7. The van der Waals surface area contributed by atoms with Crippen molar-refractivity contribution < 1.29 is 0 Å². The topological polar surface area (TPSA) is 49.3 Å². The molecule has 0 aliphatic heterocycles. The molecule has 0 spiro atoms. The number of nitrogens with one attached hydrogen (secondary N) is 2. The Bertz CT molecular complexity index is 535. The summed E-state index contributed by atoms with van der Waals surface area (Å²) in [4.78, 5) is 8.65. The van der Waals surface area contributed by atoms with E-state index in [1.165, 1.54) is 0 Å². The number of pyridine rings is 1. The van der Waals surface area contributed by atoms with Gasteiger partial charge in [0.1, 0.15) is 17.5 Å². The standard InChI is InChI=1S/C16H23ClN4/c1-5-12(2)9-13(11-17)10-16(19-4)21-15-8-6-7-14(18-3)20-15/h6-8,10H,2,5,9,11H2,1,3-4H3,(H2,18,19,20,21). The van der Waals surface area contributed by atoms with Crippen LogP contribution in [0.25, 0.3) is 0 Å². The van der Waals surface area contributed by atoms with Crippen LogP contribution in [0, 0.1) is 0 Å². The highest BCUT2D eigenvalue weighted by Gasteiger charge is 2.03. The molecule has 0 saturated carbocycles. The second kappa shape index (κ2) is 9.19. The molecular formula is C16H23ClN4. The fourth-order valence-corrected chi connectivity index (χ4v) is 1.88. The molecule has 0 fully saturated rings. The third kappa shape index (κ3) is 6.00. The molecular weight excluding hydrogens is 284 g/mol. The average Bonchev–Trinajstić information content (AvgIpc) is 2.53. The van der Waals surface area contributed by atoms with Crippen LogP contribution in [0.5, 0.6) is 0 Å². The molecule has 114 valence electrons. The van der Waals surface area contributed by atoms with Crippen molar-refractivity contribution in [2.24, 2.45) is 4.99 Å². The lowest BCUT2D eigenvalue weighted by Gasteiger charge is -2.10. The van der Waals surface area contributed by atoms with E-state index in [0.29, 0.717) is 5.88 Å². The Balaban J connectivity index is 2.84. The number of halogens is 1. The molecule has 0 aliphatic rings. The van der Waals surface area contributed by atoms with Crippen LogP contribution in [-0.4, -0.2) is 30.8 Å². The van der Waals surface area contributed by atoms with Crippen molar-refractivity contribution in [2.75, 3.05) is 30.6 Å². The quantitative estimate of drug-likeness (QED) is 0.345. The summed E-state index contributed by atoms with van der Waals surface area (Å²) in [5.41, 5.74) is 2.24. The Morgan fingerprint density at radius 1 is 1.43 bits per heavy atom. The predicted molar refractivity (Wildman–Crippen MR) is 93.6 cm³/mol. The fourth-order valence-electron chi connectivity index (χ4n) is 1.71. The summed E-state index contributed by atoms with van der Waals surface area (Å²) in [5, 5.41) is 6.20. The van der Waals surface area contributed by atoms with E-state index in [-0.39, 0.29) is 0 Å². The van der Waals surface area contributed by atoms with Gasteiger partial charge < -0.3 is 10.6 Å². The average molecular weight is 307 g/mol. The number of allylic oxidation sites excluding steroid dienone is 2. The Morgan fingerprint density at radius 2 is 2.14 bits per heavy atom. The first-order chi connectivity index (χ1) is 10.1. The van der Waals surface area contributed by atoms with Crippen molar-refractivity contribution in [1.82, 2.24) is 4.98 Å².